The molecule has 0 atom stereocenters. The number of aliphatic imine (C=N–C) groups is 2. The average molecular weight is 657 g/mol. The number of hydrogen-bond acceptors (Lipinski definition) is 8. The number of fused-ring (bicyclic) bond motifs is 2. The van der Waals surface area contributed by atoms with Gasteiger partial charge in [-0.2, -0.15) is 10.5 Å². The Morgan fingerprint density at radius 2 is 1.33 bits per heavy atom. The molecule has 0 aliphatic carbocycles. The van der Waals surface area contributed by atoms with Crippen molar-refractivity contribution >= 4 is 90.2 Å². The fraction of sp³-hybridized carbons (Fsp3) is 0.100. The van der Waals surface area contributed by atoms with Gasteiger partial charge in [0.15, 0.2) is 11.5 Å². The summed E-state index contributed by atoms with van der Waals surface area (Å²) in [5, 5.41) is 26.1. The van der Waals surface area contributed by atoms with Crippen molar-refractivity contribution in [1.82, 2.24) is 0 Å². The van der Waals surface area contributed by atoms with Gasteiger partial charge in [0.1, 0.15) is 23.3 Å². The largest absolute Gasteiger partial charge is 0.455 e. The van der Waals surface area contributed by atoms with E-state index in [9.17, 15) is 10.5 Å². The quantitative estimate of drug-likeness (QED) is 0.131. The van der Waals surface area contributed by atoms with E-state index < -0.39 is 0 Å². The molecule has 2 aliphatic rings. The second-order valence-corrected chi connectivity index (χ2v) is 13.9. The molecule has 0 N–H and O–H groups in total. The molecule has 4 aromatic heterocycles. The van der Waals surface area contributed by atoms with Gasteiger partial charge < -0.3 is 8.83 Å². The zero-order chi connectivity index (χ0) is 32.2. The second kappa shape index (κ2) is 11.5. The van der Waals surface area contributed by atoms with E-state index in [1.165, 1.54) is 0 Å². The normalized spacial score (nSPS) is 15.5. The highest BCUT2D eigenvalue weighted by Gasteiger charge is 2.26. The molecule has 0 radical (unpaired) electrons. The number of rotatable bonds is 6. The molecule has 0 unspecified atom stereocenters. The van der Waals surface area contributed by atoms with Crippen LogP contribution in [0.3, 0.4) is 0 Å². The van der Waals surface area contributed by atoms with Gasteiger partial charge in [-0.3, -0.25) is 9.98 Å². The number of furan rings is 2. The molecular weight excluding hydrogens is 633 g/mol. The van der Waals surface area contributed by atoms with Crippen molar-refractivity contribution in [3.63, 3.8) is 0 Å². The van der Waals surface area contributed by atoms with Crippen molar-refractivity contribution < 1.29 is 8.83 Å². The first-order chi connectivity index (χ1) is 23.7. The van der Waals surface area contributed by atoms with E-state index in [1.807, 2.05) is 66.9 Å². The molecule has 228 valence electrons. The van der Waals surface area contributed by atoms with Crippen LogP contribution in [0, 0.1) is 22.7 Å². The van der Waals surface area contributed by atoms with Crippen LogP contribution in [0.5, 0.6) is 0 Å². The lowest BCUT2D eigenvalue weighted by Crippen LogP contribution is -2.02. The van der Waals surface area contributed by atoms with Crippen molar-refractivity contribution in [2.45, 2.75) is 19.3 Å². The molecule has 3 aromatic carbocycles. The summed E-state index contributed by atoms with van der Waals surface area (Å²) >= 11 is 3.20. The number of nitrogens with zero attached hydrogens (tertiary/aromatic N) is 4. The van der Waals surface area contributed by atoms with E-state index in [-0.39, 0.29) is 0 Å². The lowest BCUT2D eigenvalue weighted by molar-refractivity contribution is 0.636. The number of nitriles is 2. The molecule has 48 heavy (non-hydrogen) atoms. The second-order valence-electron chi connectivity index (χ2n) is 11.6. The standard InChI is InChI=1S/C40H24N4O2S2/c41-21-23(29-9-1-3-17-43-29)19-25-13-15-33(47-25)39-37-27-7-5-12-32-36(27)38(28-8-6-11-31(45-39)35(28)37)40(46-32)34-16-14-26(48-34)20-24(22-42)30-10-2-4-18-44-30/h1,5-16,18-20H,2-4,17H2/b23-19+,24-20+. The third-order valence-electron chi connectivity index (χ3n) is 8.75. The van der Waals surface area contributed by atoms with Gasteiger partial charge in [0, 0.05) is 44.1 Å². The van der Waals surface area contributed by atoms with Crippen LogP contribution in [0.4, 0.5) is 0 Å². The van der Waals surface area contributed by atoms with E-state index in [2.05, 4.69) is 52.5 Å². The summed E-state index contributed by atoms with van der Waals surface area (Å²) in [6.45, 7) is 0.704. The van der Waals surface area contributed by atoms with Crippen LogP contribution in [-0.4, -0.2) is 18.5 Å². The summed E-state index contributed by atoms with van der Waals surface area (Å²) < 4.78 is 13.3. The van der Waals surface area contributed by atoms with Gasteiger partial charge in [0.25, 0.3) is 0 Å². The number of benzene rings is 3. The Morgan fingerprint density at radius 3 is 1.88 bits per heavy atom. The number of hydrogen-bond donors (Lipinski definition) is 0. The van der Waals surface area contributed by atoms with Crippen LogP contribution in [-0.2, 0) is 0 Å². The zero-order valence-electron chi connectivity index (χ0n) is 25.5. The summed E-state index contributed by atoms with van der Waals surface area (Å²) in [5.41, 5.74) is 4.20. The molecule has 9 rings (SSSR count). The van der Waals surface area contributed by atoms with Gasteiger partial charge in [0.2, 0.25) is 0 Å². The molecular formula is C40H24N4O2S2. The highest BCUT2D eigenvalue weighted by Crippen LogP contribution is 2.51. The predicted molar refractivity (Wildman–Crippen MR) is 198 cm³/mol. The lowest BCUT2D eigenvalue weighted by Gasteiger charge is -2.05. The smallest absolute Gasteiger partial charge is 0.153 e. The van der Waals surface area contributed by atoms with E-state index in [0.717, 1.165) is 105 Å². The first-order valence-electron chi connectivity index (χ1n) is 15.7. The van der Waals surface area contributed by atoms with Crippen molar-refractivity contribution in [3.8, 4) is 33.4 Å². The molecule has 6 nitrogen and oxygen atoms in total. The monoisotopic (exact) mass is 656 g/mol. The molecule has 0 fully saturated rings. The fourth-order valence-electron chi connectivity index (χ4n) is 6.66. The molecule has 2 aliphatic heterocycles. The minimum absolute atomic E-state index is 0.559. The molecule has 8 heteroatoms. The summed E-state index contributed by atoms with van der Waals surface area (Å²) in [6, 6.07) is 25.3. The van der Waals surface area contributed by atoms with Crippen LogP contribution in [0.1, 0.15) is 29.0 Å². The van der Waals surface area contributed by atoms with Crippen LogP contribution >= 0.6 is 22.7 Å². The van der Waals surface area contributed by atoms with Gasteiger partial charge in [-0.25, -0.2) is 0 Å². The Balaban J connectivity index is 1.20. The first kappa shape index (κ1) is 28.4. The first-order valence-corrected chi connectivity index (χ1v) is 17.3. The lowest BCUT2D eigenvalue weighted by atomic mass is 9.94. The maximum atomic E-state index is 9.87. The van der Waals surface area contributed by atoms with Crippen molar-refractivity contribution in [2.75, 3.05) is 6.54 Å². The summed E-state index contributed by atoms with van der Waals surface area (Å²) in [7, 11) is 0. The number of allylic oxidation sites excluding steroid dienone is 4. The van der Waals surface area contributed by atoms with E-state index in [0.29, 0.717) is 17.7 Å². The van der Waals surface area contributed by atoms with Crippen molar-refractivity contribution in [2.24, 2.45) is 9.98 Å². The zero-order valence-corrected chi connectivity index (χ0v) is 27.1. The topological polar surface area (TPSA) is 98.6 Å². The molecule has 0 spiro atoms. The highest BCUT2D eigenvalue weighted by molar-refractivity contribution is 7.16. The van der Waals surface area contributed by atoms with Crippen LogP contribution in [0.25, 0.3) is 76.9 Å². The minimum atomic E-state index is 0.559. The van der Waals surface area contributed by atoms with Crippen LogP contribution in [0.15, 0.2) is 115 Å². The van der Waals surface area contributed by atoms with Gasteiger partial charge in [0.05, 0.1) is 32.3 Å². The molecule has 6 heterocycles. The SMILES string of the molecule is N#C/C(=C\c1ccc(-c2oc3cccc4c5c(-c6ccc(/C=C(\C#N)C7=NCCC=C7)s6)oc6cccc(c2c34)c65)s1)C1=CCCC=N1. The Hall–Kier alpha value is -5.80. The maximum Gasteiger partial charge on any atom is 0.153 e. The fourth-order valence-corrected chi connectivity index (χ4v) is 8.54. The van der Waals surface area contributed by atoms with Gasteiger partial charge in [-0.1, -0.05) is 36.4 Å². The molecule has 0 amide bonds. The molecule has 0 saturated carbocycles. The number of thiophene rings is 2. The van der Waals surface area contributed by atoms with Crippen molar-refractivity contribution in [3.05, 3.63) is 105 Å². The Labute approximate surface area is 283 Å². The Kier molecular flexibility index (Phi) is 6.79. The van der Waals surface area contributed by atoms with E-state index >= 15 is 0 Å². The Morgan fingerprint density at radius 1 is 0.708 bits per heavy atom. The maximum absolute atomic E-state index is 9.87. The highest BCUT2D eigenvalue weighted by atomic mass is 32.1. The summed E-state index contributed by atoms with van der Waals surface area (Å²) in [5.74, 6) is 1.62. The third-order valence-corrected chi connectivity index (χ3v) is 10.8. The van der Waals surface area contributed by atoms with Crippen LogP contribution in [0.2, 0.25) is 0 Å². The number of dihydropyridines is 1. The average Bonchev–Trinajstić information content (AvgIpc) is 3.95. The minimum Gasteiger partial charge on any atom is -0.455 e. The van der Waals surface area contributed by atoms with Crippen molar-refractivity contribution in [1.29, 1.82) is 10.5 Å². The van der Waals surface area contributed by atoms with Gasteiger partial charge >= 0.3 is 0 Å². The predicted octanol–water partition coefficient (Wildman–Crippen LogP) is 11.3. The third kappa shape index (κ3) is 4.57. The summed E-state index contributed by atoms with van der Waals surface area (Å²) in [6.07, 6.45) is 14.4. The molecule has 0 bridgehead atoms. The summed E-state index contributed by atoms with van der Waals surface area (Å²) in [4.78, 5) is 12.9. The van der Waals surface area contributed by atoms with Gasteiger partial charge in [-0.15, -0.1) is 22.7 Å². The Bertz CT molecular complexity index is 2520. The van der Waals surface area contributed by atoms with Crippen LogP contribution < -0.4 is 0 Å². The molecule has 0 saturated heterocycles. The van der Waals surface area contributed by atoms with E-state index in [4.69, 9.17) is 8.83 Å². The molecule has 7 aromatic rings. The van der Waals surface area contributed by atoms with Gasteiger partial charge in [-0.05, 0) is 84.7 Å². The van der Waals surface area contributed by atoms with E-state index in [1.54, 1.807) is 22.7 Å².